The van der Waals surface area contributed by atoms with Gasteiger partial charge in [0.1, 0.15) is 11.2 Å². The zero-order valence-corrected chi connectivity index (χ0v) is 15.2. The lowest BCUT2D eigenvalue weighted by Crippen LogP contribution is -2.65. The molecule has 0 N–H and O–H groups in total. The van der Waals surface area contributed by atoms with Crippen molar-refractivity contribution in [2.75, 3.05) is 14.2 Å². The van der Waals surface area contributed by atoms with E-state index in [0.29, 0.717) is 5.75 Å². The number of carbonyl (C=O) groups is 3. The van der Waals surface area contributed by atoms with Gasteiger partial charge in [0.25, 0.3) is 0 Å². The van der Waals surface area contributed by atoms with Crippen molar-refractivity contribution in [2.24, 2.45) is 11.3 Å². The third-order valence-electron chi connectivity index (χ3n) is 4.79. The predicted molar refractivity (Wildman–Crippen MR) is 97.0 cm³/mol. The molecule has 6 nitrogen and oxygen atoms in total. The SMILES string of the molecule is C#CC(C)[C@@]1(CC=C)C(=O)N(C)C(=O)N(Cc2ccc(OC)cc2)C1=O. The second-order valence-electron chi connectivity index (χ2n) is 6.24. The molecule has 4 amide bonds. The van der Waals surface area contributed by atoms with Crippen LogP contribution in [-0.2, 0) is 16.1 Å². The van der Waals surface area contributed by atoms with Crippen LogP contribution in [0.3, 0.4) is 0 Å². The number of amides is 4. The van der Waals surface area contributed by atoms with Gasteiger partial charge in [0, 0.05) is 13.0 Å². The zero-order valence-electron chi connectivity index (χ0n) is 15.2. The Bertz CT molecular complexity index is 778. The van der Waals surface area contributed by atoms with Gasteiger partial charge in [0.15, 0.2) is 0 Å². The molecule has 1 aromatic rings. The summed E-state index contributed by atoms with van der Waals surface area (Å²) in [5, 5.41) is 0. The molecule has 1 aliphatic rings. The molecule has 2 atom stereocenters. The number of benzene rings is 1. The van der Waals surface area contributed by atoms with Crippen LogP contribution in [0.1, 0.15) is 18.9 Å². The number of carbonyl (C=O) groups excluding carboxylic acids is 3. The molecule has 136 valence electrons. The highest BCUT2D eigenvalue weighted by Gasteiger charge is 2.58. The van der Waals surface area contributed by atoms with Crippen molar-refractivity contribution >= 4 is 17.8 Å². The Morgan fingerprint density at radius 2 is 1.88 bits per heavy atom. The Labute approximate surface area is 153 Å². The monoisotopic (exact) mass is 354 g/mol. The van der Waals surface area contributed by atoms with Crippen LogP contribution >= 0.6 is 0 Å². The Kier molecular flexibility index (Phi) is 5.51. The number of methoxy groups -OCH3 is 1. The topological polar surface area (TPSA) is 66.9 Å². The van der Waals surface area contributed by atoms with E-state index in [1.165, 1.54) is 13.1 Å². The van der Waals surface area contributed by atoms with E-state index in [-0.39, 0.29) is 13.0 Å². The van der Waals surface area contributed by atoms with Gasteiger partial charge >= 0.3 is 6.03 Å². The molecule has 0 spiro atoms. The molecule has 1 saturated heterocycles. The van der Waals surface area contributed by atoms with Gasteiger partial charge in [-0.2, -0.15) is 0 Å². The van der Waals surface area contributed by atoms with E-state index in [2.05, 4.69) is 12.5 Å². The molecule has 1 aliphatic heterocycles. The van der Waals surface area contributed by atoms with Crippen molar-refractivity contribution < 1.29 is 19.1 Å². The fourth-order valence-corrected chi connectivity index (χ4v) is 3.13. The van der Waals surface area contributed by atoms with Crippen LogP contribution in [0.5, 0.6) is 5.75 Å². The fourth-order valence-electron chi connectivity index (χ4n) is 3.13. The van der Waals surface area contributed by atoms with Crippen molar-refractivity contribution in [2.45, 2.75) is 19.9 Å². The summed E-state index contributed by atoms with van der Waals surface area (Å²) >= 11 is 0. The van der Waals surface area contributed by atoms with Crippen molar-refractivity contribution in [1.82, 2.24) is 9.80 Å². The molecule has 26 heavy (non-hydrogen) atoms. The average molecular weight is 354 g/mol. The first kappa shape index (κ1) is 19.3. The summed E-state index contributed by atoms with van der Waals surface area (Å²) in [5.41, 5.74) is -0.790. The molecule has 0 radical (unpaired) electrons. The summed E-state index contributed by atoms with van der Waals surface area (Å²) in [7, 11) is 2.91. The number of imide groups is 2. The maximum atomic E-state index is 13.2. The first-order valence-electron chi connectivity index (χ1n) is 8.17. The second kappa shape index (κ2) is 7.44. The molecule has 0 bridgehead atoms. The van der Waals surface area contributed by atoms with E-state index in [0.717, 1.165) is 15.4 Å². The van der Waals surface area contributed by atoms with E-state index >= 15 is 0 Å². The number of allylic oxidation sites excluding steroid dienone is 1. The Morgan fingerprint density at radius 3 is 2.38 bits per heavy atom. The average Bonchev–Trinajstić information content (AvgIpc) is 2.67. The minimum absolute atomic E-state index is 0.0372. The maximum absolute atomic E-state index is 13.2. The fraction of sp³-hybridized carbons (Fsp3) is 0.350. The number of terminal acetylenes is 1. The van der Waals surface area contributed by atoms with E-state index in [1.54, 1.807) is 38.3 Å². The van der Waals surface area contributed by atoms with Gasteiger partial charge in [-0.1, -0.05) is 18.2 Å². The minimum Gasteiger partial charge on any atom is -0.497 e. The predicted octanol–water partition coefficient (Wildman–Crippen LogP) is 2.45. The van der Waals surface area contributed by atoms with E-state index in [9.17, 15) is 14.4 Å². The van der Waals surface area contributed by atoms with Crippen LogP contribution in [0.15, 0.2) is 36.9 Å². The normalized spacial score (nSPS) is 21.4. The van der Waals surface area contributed by atoms with Gasteiger partial charge < -0.3 is 4.74 Å². The van der Waals surface area contributed by atoms with Gasteiger partial charge in [0.05, 0.1) is 13.7 Å². The molecule has 2 rings (SSSR count). The first-order valence-corrected chi connectivity index (χ1v) is 8.17. The van der Waals surface area contributed by atoms with E-state index in [1.807, 2.05) is 0 Å². The summed E-state index contributed by atoms with van der Waals surface area (Å²) in [6.45, 7) is 5.32. The molecule has 1 aromatic carbocycles. The van der Waals surface area contributed by atoms with Crippen molar-refractivity contribution in [3.63, 3.8) is 0 Å². The summed E-state index contributed by atoms with van der Waals surface area (Å²) in [5.74, 6) is 1.28. The molecular formula is C20H22N2O4. The highest BCUT2D eigenvalue weighted by atomic mass is 16.5. The highest BCUT2D eigenvalue weighted by molar-refractivity contribution is 6.19. The second-order valence-corrected chi connectivity index (χ2v) is 6.24. The van der Waals surface area contributed by atoms with Gasteiger partial charge in [-0.05, 0) is 31.0 Å². The Morgan fingerprint density at radius 1 is 1.27 bits per heavy atom. The number of rotatable bonds is 6. The summed E-state index contributed by atoms with van der Waals surface area (Å²) < 4.78 is 5.11. The molecule has 6 heteroatoms. The Hall–Kier alpha value is -3.07. The maximum Gasteiger partial charge on any atom is 0.333 e. The molecular weight excluding hydrogens is 332 g/mol. The van der Waals surface area contributed by atoms with Gasteiger partial charge in [0.2, 0.25) is 11.8 Å². The minimum atomic E-state index is -1.52. The number of hydrogen-bond donors (Lipinski definition) is 0. The van der Waals surface area contributed by atoms with Crippen LogP contribution in [0.25, 0.3) is 0 Å². The summed E-state index contributed by atoms with van der Waals surface area (Å²) in [4.78, 5) is 40.7. The number of urea groups is 1. The van der Waals surface area contributed by atoms with Crippen molar-refractivity contribution in [3.8, 4) is 18.1 Å². The molecule has 1 fully saturated rings. The van der Waals surface area contributed by atoms with Gasteiger partial charge in [-0.3, -0.25) is 19.4 Å². The quantitative estimate of drug-likeness (QED) is 0.447. The molecule has 1 unspecified atom stereocenters. The molecule has 1 heterocycles. The number of hydrogen-bond acceptors (Lipinski definition) is 4. The van der Waals surface area contributed by atoms with Gasteiger partial charge in [-0.15, -0.1) is 18.9 Å². The third kappa shape index (κ3) is 2.97. The lowest BCUT2D eigenvalue weighted by Gasteiger charge is -2.44. The third-order valence-corrected chi connectivity index (χ3v) is 4.79. The highest BCUT2D eigenvalue weighted by Crippen LogP contribution is 2.40. The lowest BCUT2D eigenvalue weighted by atomic mass is 9.70. The standard InChI is InChI=1S/C20H22N2O4/c1-6-12-20(14(3)7-2)17(23)21(4)19(25)22(18(20)24)13-15-8-10-16(26-5)11-9-15/h2,6,8-11,14H,1,12-13H2,3-5H3/t14?,20-/m0/s1. The smallest absolute Gasteiger partial charge is 0.333 e. The molecule has 0 aliphatic carbocycles. The first-order chi connectivity index (χ1) is 12.3. The number of nitrogens with zero attached hydrogens (tertiary/aromatic N) is 2. The summed E-state index contributed by atoms with van der Waals surface area (Å²) in [6, 6.07) is 6.33. The number of barbiturate groups is 1. The molecule has 0 aromatic heterocycles. The van der Waals surface area contributed by atoms with Crippen LogP contribution in [-0.4, -0.2) is 41.8 Å². The van der Waals surface area contributed by atoms with Crippen molar-refractivity contribution in [3.05, 3.63) is 42.5 Å². The van der Waals surface area contributed by atoms with Gasteiger partial charge in [-0.25, -0.2) is 4.79 Å². The van der Waals surface area contributed by atoms with Crippen LogP contribution in [0.2, 0.25) is 0 Å². The lowest BCUT2D eigenvalue weighted by molar-refractivity contribution is -0.160. The molecule has 0 saturated carbocycles. The largest absolute Gasteiger partial charge is 0.497 e. The Balaban J connectivity index is 2.46. The van der Waals surface area contributed by atoms with E-state index < -0.39 is 29.2 Å². The van der Waals surface area contributed by atoms with Crippen molar-refractivity contribution in [1.29, 1.82) is 0 Å². The van der Waals surface area contributed by atoms with E-state index in [4.69, 9.17) is 11.2 Å². The number of ether oxygens (including phenoxy) is 1. The zero-order chi connectivity index (χ0) is 19.5. The van der Waals surface area contributed by atoms with Crippen LogP contribution in [0, 0.1) is 23.7 Å². The summed E-state index contributed by atoms with van der Waals surface area (Å²) in [6.07, 6.45) is 7.08. The van der Waals surface area contributed by atoms with Crippen LogP contribution < -0.4 is 4.74 Å². The van der Waals surface area contributed by atoms with Crippen LogP contribution in [0.4, 0.5) is 4.79 Å².